The van der Waals surface area contributed by atoms with Crippen LogP contribution in [-0.4, -0.2) is 54.9 Å². The quantitative estimate of drug-likeness (QED) is 0.504. The van der Waals surface area contributed by atoms with Gasteiger partial charge in [0, 0.05) is 30.0 Å². The summed E-state index contributed by atoms with van der Waals surface area (Å²) in [6, 6.07) is 9.46. The van der Waals surface area contributed by atoms with Gasteiger partial charge in [-0.1, -0.05) is 12.8 Å². The van der Waals surface area contributed by atoms with Crippen molar-refractivity contribution in [3.63, 3.8) is 0 Å². The zero-order chi connectivity index (χ0) is 24.4. The van der Waals surface area contributed by atoms with Gasteiger partial charge < -0.3 is 15.5 Å². The molecule has 2 fully saturated rings. The lowest BCUT2D eigenvalue weighted by atomic mass is 10.1. The van der Waals surface area contributed by atoms with Crippen molar-refractivity contribution in [2.24, 2.45) is 0 Å². The summed E-state index contributed by atoms with van der Waals surface area (Å²) in [5.74, 6) is -0.487. The van der Waals surface area contributed by atoms with Crippen molar-refractivity contribution in [3.05, 3.63) is 53.9 Å². The third-order valence-corrected chi connectivity index (χ3v) is 7.06. The van der Waals surface area contributed by atoms with Crippen LogP contribution in [0.4, 0.5) is 11.4 Å². The van der Waals surface area contributed by atoms with Crippen LogP contribution in [0.2, 0.25) is 0 Å². The average Bonchev–Trinajstić information content (AvgIpc) is 3.58. The Morgan fingerprint density at radius 1 is 1.06 bits per heavy atom. The van der Waals surface area contributed by atoms with Gasteiger partial charge in [0.15, 0.2) is 0 Å². The second kappa shape index (κ2) is 10.1. The van der Waals surface area contributed by atoms with E-state index in [2.05, 4.69) is 20.9 Å². The first-order valence-electron chi connectivity index (χ1n) is 12.4. The molecule has 35 heavy (non-hydrogen) atoms. The first kappa shape index (κ1) is 23.4. The molecule has 1 aliphatic heterocycles. The summed E-state index contributed by atoms with van der Waals surface area (Å²) in [6.45, 7) is 0.178. The highest BCUT2D eigenvalue weighted by Crippen LogP contribution is 2.41. The highest BCUT2D eigenvalue weighted by atomic mass is 16.2. The standard InChI is InChI=1S/C26H32N6O3/c1-27-25(17-10-12-28-13-11-17)30-26(35)18-6-9-21-22(14-18)31(16-24(34)32(21)20-7-8-20)23(33)15-29-19-4-2-3-5-19/h6,9-14,19-20,25,27,29H,2-5,7-8,15-16H2,1H3,(H,30,35). The van der Waals surface area contributed by atoms with Gasteiger partial charge in [-0.2, -0.15) is 0 Å². The summed E-state index contributed by atoms with van der Waals surface area (Å²) >= 11 is 0. The molecule has 3 N–H and O–H groups in total. The lowest BCUT2D eigenvalue weighted by Gasteiger charge is -2.37. The molecule has 1 unspecified atom stereocenters. The summed E-state index contributed by atoms with van der Waals surface area (Å²) in [4.78, 5) is 46.8. The fraction of sp³-hybridized carbons (Fsp3) is 0.462. The van der Waals surface area contributed by atoms with Gasteiger partial charge in [0.1, 0.15) is 12.7 Å². The molecule has 0 saturated heterocycles. The topological polar surface area (TPSA) is 107 Å². The molecule has 5 rings (SSSR count). The molecule has 9 nitrogen and oxygen atoms in total. The van der Waals surface area contributed by atoms with E-state index in [1.54, 1.807) is 42.5 Å². The van der Waals surface area contributed by atoms with E-state index in [0.717, 1.165) is 31.2 Å². The van der Waals surface area contributed by atoms with Crippen LogP contribution in [0.3, 0.4) is 0 Å². The number of aromatic nitrogens is 1. The van der Waals surface area contributed by atoms with E-state index in [-0.39, 0.29) is 43.0 Å². The highest BCUT2D eigenvalue weighted by molar-refractivity contribution is 6.13. The molecule has 1 atom stereocenters. The Morgan fingerprint density at radius 3 is 2.49 bits per heavy atom. The minimum absolute atomic E-state index is 0.00406. The number of fused-ring (bicyclic) bond motifs is 1. The Morgan fingerprint density at radius 2 is 1.80 bits per heavy atom. The van der Waals surface area contributed by atoms with Gasteiger partial charge in [0.25, 0.3) is 5.91 Å². The molecule has 3 aliphatic rings. The van der Waals surface area contributed by atoms with Crippen LogP contribution < -0.4 is 25.8 Å². The largest absolute Gasteiger partial charge is 0.333 e. The molecule has 184 valence electrons. The van der Waals surface area contributed by atoms with Gasteiger partial charge in [-0.15, -0.1) is 0 Å². The Kier molecular flexibility index (Phi) is 6.79. The fourth-order valence-electron chi connectivity index (χ4n) is 5.02. The lowest BCUT2D eigenvalue weighted by molar-refractivity contribution is -0.122. The third kappa shape index (κ3) is 5.06. The zero-order valence-corrected chi connectivity index (χ0v) is 20.0. The van der Waals surface area contributed by atoms with Gasteiger partial charge in [0.05, 0.1) is 17.9 Å². The first-order valence-corrected chi connectivity index (χ1v) is 12.4. The summed E-state index contributed by atoms with van der Waals surface area (Å²) < 4.78 is 0. The molecule has 2 aromatic rings. The van der Waals surface area contributed by atoms with Crippen LogP contribution in [-0.2, 0) is 9.59 Å². The normalized spacial score (nSPS) is 18.9. The molecule has 3 amide bonds. The monoisotopic (exact) mass is 476 g/mol. The number of hydrogen-bond acceptors (Lipinski definition) is 6. The van der Waals surface area contributed by atoms with Crippen LogP contribution in [0.5, 0.6) is 0 Å². The molecule has 2 aliphatic carbocycles. The highest BCUT2D eigenvalue weighted by Gasteiger charge is 2.41. The Labute approximate surface area is 205 Å². The summed E-state index contributed by atoms with van der Waals surface area (Å²) in [6.07, 6.45) is 9.39. The van der Waals surface area contributed by atoms with Gasteiger partial charge in [-0.3, -0.25) is 29.6 Å². The molecule has 0 bridgehead atoms. The maximum atomic E-state index is 13.2. The predicted octanol–water partition coefficient (Wildman–Crippen LogP) is 2.10. The number of nitrogens with one attached hydrogen (secondary N) is 3. The van der Waals surface area contributed by atoms with Crippen molar-refractivity contribution >= 4 is 29.1 Å². The van der Waals surface area contributed by atoms with E-state index in [4.69, 9.17) is 0 Å². The van der Waals surface area contributed by atoms with Crippen LogP contribution in [0.25, 0.3) is 0 Å². The molecule has 0 spiro atoms. The van der Waals surface area contributed by atoms with E-state index in [1.165, 1.54) is 17.7 Å². The number of carbonyl (C=O) groups excluding carboxylic acids is 3. The van der Waals surface area contributed by atoms with E-state index in [0.29, 0.717) is 23.0 Å². The Bertz CT molecular complexity index is 1100. The summed E-state index contributed by atoms with van der Waals surface area (Å²) in [5.41, 5.74) is 2.64. The Hall–Kier alpha value is -3.30. The molecular weight excluding hydrogens is 444 g/mol. The van der Waals surface area contributed by atoms with E-state index in [9.17, 15) is 14.4 Å². The zero-order valence-electron chi connectivity index (χ0n) is 20.0. The van der Waals surface area contributed by atoms with Crippen molar-refractivity contribution in [2.75, 3.05) is 29.9 Å². The third-order valence-electron chi connectivity index (χ3n) is 7.06. The second-order valence-corrected chi connectivity index (χ2v) is 9.52. The number of carbonyl (C=O) groups is 3. The lowest BCUT2D eigenvalue weighted by Crippen LogP contribution is -2.51. The van der Waals surface area contributed by atoms with Crippen molar-refractivity contribution < 1.29 is 14.4 Å². The maximum absolute atomic E-state index is 13.2. The second-order valence-electron chi connectivity index (χ2n) is 9.52. The Balaban J connectivity index is 1.39. The van der Waals surface area contributed by atoms with Crippen molar-refractivity contribution in [2.45, 2.75) is 56.8 Å². The fourth-order valence-corrected chi connectivity index (χ4v) is 5.02. The minimum Gasteiger partial charge on any atom is -0.333 e. The number of pyridine rings is 1. The predicted molar refractivity (Wildman–Crippen MR) is 133 cm³/mol. The number of amides is 3. The van der Waals surface area contributed by atoms with Crippen LogP contribution in [0, 0.1) is 0 Å². The molecule has 0 radical (unpaired) electrons. The molecule has 1 aromatic heterocycles. The minimum atomic E-state index is -0.389. The smallest absolute Gasteiger partial charge is 0.252 e. The van der Waals surface area contributed by atoms with Gasteiger partial charge in [-0.25, -0.2) is 0 Å². The van der Waals surface area contributed by atoms with Gasteiger partial charge in [-0.05, 0) is 68.6 Å². The molecule has 1 aromatic carbocycles. The molecular formula is C26H32N6O3. The first-order chi connectivity index (χ1) is 17.0. The molecule has 2 heterocycles. The molecule has 2 saturated carbocycles. The number of anilines is 2. The maximum Gasteiger partial charge on any atom is 0.252 e. The summed E-state index contributed by atoms with van der Waals surface area (Å²) in [5, 5.41) is 9.45. The molecule has 9 heteroatoms. The van der Waals surface area contributed by atoms with E-state index < -0.39 is 0 Å². The number of rotatable bonds is 8. The van der Waals surface area contributed by atoms with Crippen LogP contribution >= 0.6 is 0 Å². The van der Waals surface area contributed by atoms with E-state index in [1.807, 2.05) is 12.1 Å². The van der Waals surface area contributed by atoms with Crippen LogP contribution in [0.15, 0.2) is 42.7 Å². The number of benzene rings is 1. The SMILES string of the molecule is CNC(NC(=O)c1ccc2c(c1)N(C(=O)CNC1CCCC1)CC(=O)N2C1CC1)c1ccncc1. The van der Waals surface area contributed by atoms with E-state index >= 15 is 0 Å². The van der Waals surface area contributed by atoms with Crippen molar-refractivity contribution in [3.8, 4) is 0 Å². The summed E-state index contributed by atoms with van der Waals surface area (Å²) in [7, 11) is 1.77. The number of nitrogens with zero attached hydrogens (tertiary/aromatic N) is 3. The van der Waals surface area contributed by atoms with Gasteiger partial charge >= 0.3 is 0 Å². The average molecular weight is 477 g/mol. The number of hydrogen-bond donors (Lipinski definition) is 3. The van der Waals surface area contributed by atoms with Crippen LogP contribution in [0.1, 0.15) is 60.6 Å². The van der Waals surface area contributed by atoms with Crippen molar-refractivity contribution in [1.82, 2.24) is 20.9 Å². The van der Waals surface area contributed by atoms with Crippen molar-refractivity contribution in [1.29, 1.82) is 0 Å². The van der Waals surface area contributed by atoms with Gasteiger partial charge in [0.2, 0.25) is 11.8 Å².